The predicted molar refractivity (Wildman–Crippen MR) is 86.2 cm³/mol. The number of anilines is 1. The molecule has 0 aliphatic rings. The Bertz CT molecular complexity index is 835. The van der Waals surface area contributed by atoms with Crippen LogP contribution in [0.5, 0.6) is 0 Å². The number of rotatable bonds is 4. The molecule has 0 bridgehead atoms. The Kier molecular flexibility index (Phi) is 3.93. The number of amides is 1. The van der Waals surface area contributed by atoms with Crippen LogP contribution in [0.15, 0.2) is 48.0 Å². The molecule has 0 fully saturated rings. The Balaban J connectivity index is 1.76. The molecule has 0 saturated heterocycles. The number of nitrogens with zero attached hydrogens (tertiary/aromatic N) is 1. The Hall–Kier alpha value is -2.60. The molecule has 2 heterocycles. The van der Waals surface area contributed by atoms with E-state index in [4.69, 9.17) is 4.74 Å². The van der Waals surface area contributed by atoms with Crippen molar-refractivity contribution in [3.8, 4) is 0 Å². The van der Waals surface area contributed by atoms with Crippen LogP contribution in [0.2, 0.25) is 0 Å². The van der Waals surface area contributed by atoms with Gasteiger partial charge in [-0.2, -0.15) is 0 Å². The quantitative estimate of drug-likeness (QED) is 0.753. The Morgan fingerprint density at radius 2 is 2.05 bits per heavy atom. The molecular formula is C16H14N2O3S. The third kappa shape index (κ3) is 2.73. The zero-order chi connectivity index (χ0) is 15.5. The van der Waals surface area contributed by atoms with Gasteiger partial charge in [-0.1, -0.05) is 18.2 Å². The van der Waals surface area contributed by atoms with Crippen molar-refractivity contribution in [1.82, 2.24) is 4.57 Å². The molecule has 0 unspecified atom stereocenters. The number of carbonyl (C=O) groups excluding carboxylic acids is 2. The highest BCUT2D eigenvalue weighted by molar-refractivity contribution is 7.14. The van der Waals surface area contributed by atoms with Gasteiger partial charge >= 0.3 is 5.97 Å². The monoisotopic (exact) mass is 314 g/mol. The number of para-hydroxylation sites is 1. The molecule has 5 nitrogen and oxygen atoms in total. The first-order valence-electron chi connectivity index (χ1n) is 6.68. The number of hydrogen-bond acceptors (Lipinski definition) is 4. The molecule has 3 aromatic rings. The van der Waals surface area contributed by atoms with Crippen molar-refractivity contribution in [1.29, 1.82) is 0 Å². The molecule has 1 amide bonds. The second-order valence-electron chi connectivity index (χ2n) is 4.71. The molecule has 0 aliphatic carbocycles. The maximum absolute atomic E-state index is 12.2. The van der Waals surface area contributed by atoms with Crippen LogP contribution in [-0.4, -0.2) is 23.6 Å². The van der Waals surface area contributed by atoms with Gasteiger partial charge in [0.05, 0.1) is 12.7 Å². The Morgan fingerprint density at radius 3 is 2.86 bits per heavy atom. The van der Waals surface area contributed by atoms with E-state index in [-0.39, 0.29) is 12.5 Å². The fraction of sp³-hybridized carbons (Fsp3) is 0.125. The summed E-state index contributed by atoms with van der Waals surface area (Å²) >= 11 is 1.30. The summed E-state index contributed by atoms with van der Waals surface area (Å²) in [5.74, 6) is -0.642. The van der Waals surface area contributed by atoms with E-state index < -0.39 is 5.97 Å². The molecule has 112 valence electrons. The second-order valence-corrected chi connectivity index (χ2v) is 5.62. The zero-order valence-electron chi connectivity index (χ0n) is 11.9. The van der Waals surface area contributed by atoms with Gasteiger partial charge in [0, 0.05) is 11.7 Å². The van der Waals surface area contributed by atoms with Crippen LogP contribution >= 0.6 is 11.3 Å². The molecule has 1 aromatic carbocycles. The number of hydrogen-bond donors (Lipinski definition) is 1. The van der Waals surface area contributed by atoms with Crippen molar-refractivity contribution in [2.45, 2.75) is 6.54 Å². The summed E-state index contributed by atoms with van der Waals surface area (Å²) in [4.78, 5) is 23.8. The third-order valence-corrected chi connectivity index (χ3v) is 4.15. The zero-order valence-corrected chi connectivity index (χ0v) is 12.7. The lowest BCUT2D eigenvalue weighted by Crippen LogP contribution is -2.19. The largest absolute Gasteiger partial charge is 0.465 e. The van der Waals surface area contributed by atoms with Crippen LogP contribution in [0.1, 0.15) is 10.4 Å². The SMILES string of the molecule is COC(=O)c1ccsc1NC(=O)Cn1ccc2ccccc21. The standard InChI is InChI=1S/C16H14N2O3S/c1-21-16(20)12-7-9-22-15(12)17-14(19)10-18-8-6-11-4-2-3-5-13(11)18/h2-9H,10H2,1H3,(H,17,19). The summed E-state index contributed by atoms with van der Waals surface area (Å²) in [5.41, 5.74) is 1.37. The minimum atomic E-state index is -0.456. The van der Waals surface area contributed by atoms with Crippen LogP contribution < -0.4 is 5.32 Å². The molecule has 0 saturated carbocycles. The third-order valence-electron chi connectivity index (χ3n) is 3.32. The van der Waals surface area contributed by atoms with Crippen LogP contribution in [0.3, 0.4) is 0 Å². The minimum Gasteiger partial charge on any atom is -0.465 e. The Morgan fingerprint density at radius 1 is 1.23 bits per heavy atom. The van der Waals surface area contributed by atoms with Gasteiger partial charge in [0.15, 0.2) is 0 Å². The lowest BCUT2D eigenvalue weighted by molar-refractivity contribution is -0.116. The highest BCUT2D eigenvalue weighted by atomic mass is 32.1. The predicted octanol–water partition coefficient (Wildman–Crippen LogP) is 3.13. The second kappa shape index (κ2) is 6.03. The number of benzene rings is 1. The molecule has 0 atom stereocenters. The molecule has 3 rings (SSSR count). The molecule has 6 heteroatoms. The van der Waals surface area contributed by atoms with Crippen molar-refractivity contribution >= 4 is 39.1 Å². The molecular weight excluding hydrogens is 300 g/mol. The van der Waals surface area contributed by atoms with E-state index in [1.165, 1.54) is 18.4 Å². The maximum Gasteiger partial charge on any atom is 0.340 e. The first-order chi connectivity index (χ1) is 10.7. The fourth-order valence-corrected chi connectivity index (χ4v) is 3.07. The lowest BCUT2D eigenvalue weighted by Gasteiger charge is -2.07. The number of nitrogens with one attached hydrogen (secondary N) is 1. The van der Waals surface area contributed by atoms with Crippen molar-refractivity contribution in [2.24, 2.45) is 0 Å². The highest BCUT2D eigenvalue weighted by Gasteiger charge is 2.15. The molecule has 0 radical (unpaired) electrons. The molecule has 1 N–H and O–H groups in total. The number of aromatic nitrogens is 1. The van der Waals surface area contributed by atoms with Gasteiger partial charge < -0.3 is 14.6 Å². The lowest BCUT2D eigenvalue weighted by atomic mass is 10.2. The Labute approximate surface area is 131 Å². The van der Waals surface area contributed by atoms with Gasteiger partial charge in [0.1, 0.15) is 11.5 Å². The summed E-state index contributed by atoms with van der Waals surface area (Å²) in [7, 11) is 1.32. The smallest absolute Gasteiger partial charge is 0.340 e. The van der Waals surface area contributed by atoms with Crippen molar-refractivity contribution in [3.05, 3.63) is 53.5 Å². The normalized spacial score (nSPS) is 10.6. The fourth-order valence-electron chi connectivity index (χ4n) is 2.28. The topological polar surface area (TPSA) is 60.3 Å². The van der Waals surface area contributed by atoms with E-state index in [1.54, 1.807) is 11.4 Å². The molecule has 0 spiro atoms. The van der Waals surface area contributed by atoms with E-state index >= 15 is 0 Å². The number of esters is 1. The van der Waals surface area contributed by atoms with Crippen LogP contribution in [0.25, 0.3) is 10.9 Å². The molecule has 22 heavy (non-hydrogen) atoms. The van der Waals surface area contributed by atoms with Crippen LogP contribution in [0, 0.1) is 0 Å². The number of thiophene rings is 1. The number of carbonyl (C=O) groups is 2. The average molecular weight is 314 g/mol. The summed E-state index contributed by atoms with van der Waals surface area (Å²) in [5, 5.41) is 6.10. The van der Waals surface area contributed by atoms with E-state index in [9.17, 15) is 9.59 Å². The van der Waals surface area contributed by atoms with Gasteiger partial charge in [0.2, 0.25) is 5.91 Å². The summed E-state index contributed by atoms with van der Waals surface area (Å²) < 4.78 is 6.56. The van der Waals surface area contributed by atoms with Gasteiger partial charge in [0.25, 0.3) is 0 Å². The van der Waals surface area contributed by atoms with Crippen LogP contribution in [-0.2, 0) is 16.1 Å². The van der Waals surface area contributed by atoms with E-state index in [2.05, 4.69) is 5.32 Å². The number of methoxy groups -OCH3 is 1. The van der Waals surface area contributed by atoms with Crippen LogP contribution in [0.4, 0.5) is 5.00 Å². The summed E-state index contributed by atoms with van der Waals surface area (Å²) in [6, 6.07) is 11.5. The minimum absolute atomic E-state index is 0.186. The van der Waals surface area contributed by atoms with Gasteiger partial charge in [-0.3, -0.25) is 4.79 Å². The van der Waals surface area contributed by atoms with Gasteiger partial charge in [-0.25, -0.2) is 4.79 Å². The van der Waals surface area contributed by atoms with Gasteiger partial charge in [-0.05, 0) is 29.0 Å². The summed E-state index contributed by atoms with van der Waals surface area (Å²) in [6.45, 7) is 0.187. The number of ether oxygens (including phenoxy) is 1. The van der Waals surface area contributed by atoms with Crippen molar-refractivity contribution in [3.63, 3.8) is 0 Å². The number of fused-ring (bicyclic) bond motifs is 1. The molecule has 2 aromatic heterocycles. The van der Waals surface area contributed by atoms with E-state index in [0.717, 1.165) is 10.9 Å². The highest BCUT2D eigenvalue weighted by Crippen LogP contribution is 2.24. The molecule has 0 aliphatic heterocycles. The van der Waals surface area contributed by atoms with E-state index in [1.807, 2.05) is 41.1 Å². The maximum atomic E-state index is 12.2. The van der Waals surface area contributed by atoms with Gasteiger partial charge in [-0.15, -0.1) is 11.3 Å². The van der Waals surface area contributed by atoms with E-state index in [0.29, 0.717) is 10.6 Å². The summed E-state index contributed by atoms with van der Waals surface area (Å²) in [6.07, 6.45) is 1.87. The first kappa shape index (κ1) is 14.3. The van der Waals surface area contributed by atoms with Crippen molar-refractivity contribution in [2.75, 3.05) is 12.4 Å². The average Bonchev–Trinajstić information content (AvgIpc) is 3.14. The first-order valence-corrected chi connectivity index (χ1v) is 7.56. The van der Waals surface area contributed by atoms with Crippen molar-refractivity contribution < 1.29 is 14.3 Å².